The number of alkyl halides is 2. The molecule has 0 bridgehead atoms. The Bertz CT molecular complexity index is 1120. The topological polar surface area (TPSA) is 102 Å². The highest BCUT2D eigenvalue weighted by Gasteiger charge is 2.30. The maximum atomic E-state index is 12.8. The second kappa shape index (κ2) is 8.29. The van der Waals surface area contributed by atoms with E-state index >= 15 is 0 Å². The molecule has 1 aliphatic carbocycles. The monoisotopic (exact) mass is 443 g/mol. The first-order chi connectivity index (χ1) is 15.5. The summed E-state index contributed by atoms with van der Waals surface area (Å²) in [5.74, 6) is 0.971. The summed E-state index contributed by atoms with van der Waals surface area (Å²) in [6.07, 6.45) is 6.48. The fourth-order valence-electron chi connectivity index (χ4n) is 3.95. The zero-order valence-electron chi connectivity index (χ0n) is 17.5. The highest BCUT2D eigenvalue weighted by atomic mass is 19.3. The number of anilines is 1. The van der Waals surface area contributed by atoms with Crippen molar-refractivity contribution in [2.75, 3.05) is 18.4 Å². The average molecular weight is 443 g/mol. The molecule has 1 aliphatic heterocycles. The highest BCUT2D eigenvalue weighted by Crippen LogP contribution is 2.35. The van der Waals surface area contributed by atoms with Crippen molar-refractivity contribution in [1.29, 1.82) is 0 Å². The van der Waals surface area contributed by atoms with Gasteiger partial charge in [0.25, 0.3) is 5.91 Å². The van der Waals surface area contributed by atoms with Crippen molar-refractivity contribution in [2.45, 2.75) is 51.1 Å². The molecule has 2 fully saturated rings. The van der Waals surface area contributed by atoms with Crippen LogP contribution >= 0.6 is 0 Å². The third kappa shape index (κ3) is 4.19. The van der Waals surface area contributed by atoms with Crippen LogP contribution in [0, 0.1) is 6.92 Å². The number of piperidine rings is 1. The predicted octanol–water partition coefficient (Wildman–Crippen LogP) is 3.63. The van der Waals surface area contributed by atoms with Gasteiger partial charge >= 0.3 is 6.55 Å². The Morgan fingerprint density at radius 1 is 1.25 bits per heavy atom. The molecule has 5 rings (SSSR count). The van der Waals surface area contributed by atoms with Gasteiger partial charge in [-0.2, -0.15) is 13.9 Å². The summed E-state index contributed by atoms with van der Waals surface area (Å²) in [5, 5.41) is 11.0. The second-order valence-corrected chi connectivity index (χ2v) is 8.27. The maximum Gasteiger partial charge on any atom is 0.333 e. The molecular weight excluding hydrogens is 420 g/mol. The van der Waals surface area contributed by atoms with E-state index in [9.17, 15) is 13.6 Å². The highest BCUT2D eigenvalue weighted by molar-refractivity contribution is 5.92. The van der Waals surface area contributed by atoms with Crippen molar-refractivity contribution in [3.63, 3.8) is 0 Å². The van der Waals surface area contributed by atoms with Gasteiger partial charge in [0.1, 0.15) is 0 Å². The summed E-state index contributed by atoms with van der Waals surface area (Å²) in [6, 6.07) is 3.60. The summed E-state index contributed by atoms with van der Waals surface area (Å²) < 4.78 is 31.5. The van der Waals surface area contributed by atoms with Crippen LogP contribution in [0.2, 0.25) is 0 Å². The number of likely N-dealkylation sites (tertiary alicyclic amines) is 1. The number of aryl methyl sites for hydroxylation is 1. The number of nitrogens with zero attached hydrogens (tertiary/aromatic N) is 6. The Morgan fingerprint density at radius 3 is 2.66 bits per heavy atom. The number of hydrogen-bond donors (Lipinski definition) is 1. The van der Waals surface area contributed by atoms with Gasteiger partial charge in [0.2, 0.25) is 5.95 Å². The van der Waals surface area contributed by atoms with Crippen LogP contribution in [-0.4, -0.2) is 54.8 Å². The van der Waals surface area contributed by atoms with E-state index in [1.165, 1.54) is 6.07 Å². The lowest BCUT2D eigenvalue weighted by atomic mass is 9.90. The molecule has 168 valence electrons. The summed E-state index contributed by atoms with van der Waals surface area (Å²) in [6.45, 7) is 0.0530. The van der Waals surface area contributed by atoms with Gasteiger partial charge in [-0.1, -0.05) is 5.16 Å². The van der Waals surface area contributed by atoms with E-state index in [-0.39, 0.29) is 17.5 Å². The van der Waals surface area contributed by atoms with Gasteiger partial charge in [0.05, 0.1) is 17.0 Å². The molecule has 3 aromatic rings. The van der Waals surface area contributed by atoms with Gasteiger partial charge in [0.15, 0.2) is 11.5 Å². The van der Waals surface area contributed by atoms with Crippen LogP contribution in [0.15, 0.2) is 29.0 Å². The summed E-state index contributed by atoms with van der Waals surface area (Å²) in [4.78, 5) is 23.6. The van der Waals surface area contributed by atoms with E-state index in [2.05, 4.69) is 20.6 Å². The molecule has 11 heteroatoms. The van der Waals surface area contributed by atoms with Crippen molar-refractivity contribution in [3.05, 3.63) is 41.6 Å². The van der Waals surface area contributed by atoms with Crippen molar-refractivity contribution >= 4 is 11.9 Å². The summed E-state index contributed by atoms with van der Waals surface area (Å²) in [7, 11) is 0. The Labute approximate surface area is 182 Å². The van der Waals surface area contributed by atoms with Crippen LogP contribution < -0.4 is 5.32 Å². The lowest BCUT2D eigenvalue weighted by Gasteiger charge is -2.32. The van der Waals surface area contributed by atoms with E-state index in [0.29, 0.717) is 48.4 Å². The molecule has 0 radical (unpaired) electrons. The quantitative estimate of drug-likeness (QED) is 0.621. The van der Waals surface area contributed by atoms with Crippen molar-refractivity contribution in [3.8, 4) is 11.3 Å². The molecule has 9 nitrogen and oxygen atoms in total. The van der Waals surface area contributed by atoms with Crippen LogP contribution in [0.1, 0.15) is 60.0 Å². The van der Waals surface area contributed by atoms with E-state index in [0.717, 1.165) is 36.0 Å². The van der Waals surface area contributed by atoms with Crippen molar-refractivity contribution < 1.29 is 18.1 Å². The third-order valence-electron chi connectivity index (χ3n) is 5.82. The standard InChI is InChI=1S/C21H23F2N7O2/c1-12-10-17(32-28-12)15-11-24-21(25-14-2-3-14)26-18(15)13-4-7-29(8-5-13)19(31)16-6-9-30(27-16)20(22)23/h6,9-11,13-14,20H,2-5,7-8H2,1H3,(H,24,25,26). The minimum Gasteiger partial charge on any atom is -0.356 e. The Hall–Kier alpha value is -3.37. The second-order valence-electron chi connectivity index (χ2n) is 8.27. The van der Waals surface area contributed by atoms with Gasteiger partial charge < -0.3 is 14.7 Å². The smallest absolute Gasteiger partial charge is 0.333 e. The Kier molecular flexibility index (Phi) is 5.32. The summed E-state index contributed by atoms with van der Waals surface area (Å²) in [5.41, 5.74) is 2.47. The van der Waals surface area contributed by atoms with Gasteiger partial charge in [0, 0.05) is 43.5 Å². The van der Waals surface area contributed by atoms with Crippen LogP contribution in [0.5, 0.6) is 0 Å². The number of hydrogen-bond acceptors (Lipinski definition) is 7. The zero-order chi connectivity index (χ0) is 22.2. The Balaban J connectivity index is 1.34. The number of rotatable bonds is 6. The molecule has 0 aromatic carbocycles. The van der Waals surface area contributed by atoms with Gasteiger partial charge in [-0.15, -0.1) is 0 Å². The van der Waals surface area contributed by atoms with Gasteiger partial charge in [-0.3, -0.25) is 4.79 Å². The van der Waals surface area contributed by atoms with E-state index in [4.69, 9.17) is 9.51 Å². The van der Waals surface area contributed by atoms with E-state index in [1.54, 1.807) is 11.1 Å². The molecule has 1 amide bonds. The lowest BCUT2D eigenvalue weighted by Crippen LogP contribution is -2.38. The largest absolute Gasteiger partial charge is 0.356 e. The minimum atomic E-state index is -2.77. The normalized spacial score (nSPS) is 17.2. The fraction of sp³-hybridized carbons (Fsp3) is 0.476. The predicted molar refractivity (Wildman–Crippen MR) is 110 cm³/mol. The van der Waals surface area contributed by atoms with E-state index in [1.807, 2.05) is 13.0 Å². The van der Waals surface area contributed by atoms with Crippen LogP contribution in [0.4, 0.5) is 14.7 Å². The number of halogens is 2. The van der Waals surface area contributed by atoms with Crippen molar-refractivity contribution in [1.82, 2.24) is 29.8 Å². The molecule has 3 aromatic heterocycles. The molecule has 0 spiro atoms. The van der Waals surface area contributed by atoms with Crippen LogP contribution in [0.3, 0.4) is 0 Å². The summed E-state index contributed by atoms with van der Waals surface area (Å²) >= 11 is 0. The molecule has 0 atom stereocenters. The molecule has 32 heavy (non-hydrogen) atoms. The SMILES string of the molecule is Cc1cc(-c2cnc(NC3CC3)nc2C2CCN(C(=O)c3ccn(C(F)F)n3)CC2)on1. The van der Waals surface area contributed by atoms with E-state index < -0.39 is 6.55 Å². The number of aromatic nitrogens is 5. The number of amides is 1. The van der Waals surface area contributed by atoms with Crippen molar-refractivity contribution in [2.24, 2.45) is 0 Å². The Morgan fingerprint density at radius 2 is 2.03 bits per heavy atom. The van der Waals surface area contributed by atoms with Gasteiger partial charge in [-0.25, -0.2) is 14.6 Å². The average Bonchev–Trinajstić information content (AvgIpc) is 3.28. The minimum absolute atomic E-state index is 0.0273. The molecule has 1 N–H and O–H groups in total. The number of carbonyl (C=O) groups excluding carboxylic acids is 1. The van der Waals surface area contributed by atoms with Gasteiger partial charge in [-0.05, 0) is 38.7 Å². The number of carbonyl (C=O) groups is 1. The first-order valence-electron chi connectivity index (χ1n) is 10.7. The zero-order valence-corrected chi connectivity index (χ0v) is 17.5. The molecule has 1 saturated carbocycles. The lowest BCUT2D eigenvalue weighted by molar-refractivity contribution is 0.0547. The first kappa shape index (κ1) is 20.5. The molecule has 2 aliphatic rings. The maximum absolute atomic E-state index is 12.8. The molecular formula is C21H23F2N7O2. The third-order valence-corrected chi connectivity index (χ3v) is 5.82. The number of nitrogens with one attached hydrogen (secondary N) is 1. The fourth-order valence-corrected chi connectivity index (χ4v) is 3.95. The molecule has 1 saturated heterocycles. The molecule has 4 heterocycles. The van der Waals surface area contributed by atoms with Crippen LogP contribution in [-0.2, 0) is 0 Å². The first-order valence-corrected chi connectivity index (χ1v) is 10.7. The van der Waals surface area contributed by atoms with Crippen LogP contribution in [0.25, 0.3) is 11.3 Å². The molecule has 0 unspecified atom stereocenters.